The van der Waals surface area contributed by atoms with Crippen LogP contribution in [-0.2, 0) is 27.4 Å². The Morgan fingerprint density at radius 1 is 0.933 bits per heavy atom. The van der Waals surface area contributed by atoms with Crippen LogP contribution in [0.3, 0.4) is 0 Å². The molecule has 1 saturated heterocycles. The van der Waals surface area contributed by atoms with Crippen molar-refractivity contribution in [3.63, 3.8) is 0 Å². The molecule has 4 aromatic rings. The topological polar surface area (TPSA) is 86.3 Å². The van der Waals surface area contributed by atoms with Crippen molar-refractivity contribution in [2.24, 2.45) is 5.92 Å². The summed E-state index contributed by atoms with van der Waals surface area (Å²) in [5, 5.41) is 12.3. The Bertz CT molecular complexity index is 1580. The van der Waals surface area contributed by atoms with Crippen LogP contribution in [0, 0.1) is 5.92 Å². The van der Waals surface area contributed by atoms with E-state index in [1.165, 1.54) is 6.08 Å². The number of nitrogens with one attached hydrogen (secondary N) is 1. The molecule has 0 spiro atoms. The van der Waals surface area contributed by atoms with Crippen LogP contribution in [0.2, 0.25) is 0 Å². The molecular weight excluding hydrogens is 586 g/mol. The van der Waals surface area contributed by atoms with Gasteiger partial charge < -0.3 is 29.4 Å². The van der Waals surface area contributed by atoms with Crippen LogP contribution in [0.4, 0.5) is 4.79 Å². The fourth-order valence-electron chi connectivity index (χ4n) is 5.31. The number of para-hydroxylation sites is 1. The molecule has 0 bridgehead atoms. The van der Waals surface area contributed by atoms with Crippen LogP contribution >= 0.6 is 11.8 Å². The number of hydrogen-bond acceptors (Lipinski definition) is 7. The van der Waals surface area contributed by atoms with Crippen molar-refractivity contribution in [3.05, 3.63) is 132 Å². The number of ether oxygens (including phenoxy) is 4. The Morgan fingerprint density at radius 2 is 1.69 bits per heavy atom. The maximum atomic E-state index is 11.9. The second-order valence-corrected chi connectivity index (χ2v) is 11.9. The minimum Gasteiger partial charge on any atom is -0.496 e. The molecule has 1 aliphatic rings. The SMILES string of the molecule is C=CCOC(=O)NCc1cccc(-c2cccc(C3OC(CSc4ccccc4OC)C(C)C(c4ccc(CO)cc4)O3)c2)c1. The number of aliphatic hydroxyl groups is 1. The van der Waals surface area contributed by atoms with Gasteiger partial charge in [0.05, 0.1) is 25.9 Å². The molecule has 45 heavy (non-hydrogen) atoms. The zero-order chi connectivity index (χ0) is 31.6. The fourth-order valence-corrected chi connectivity index (χ4v) is 6.50. The van der Waals surface area contributed by atoms with Crippen molar-refractivity contribution >= 4 is 17.9 Å². The molecule has 1 aliphatic heterocycles. The van der Waals surface area contributed by atoms with Gasteiger partial charge in [0.25, 0.3) is 0 Å². The highest BCUT2D eigenvalue weighted by atomic mass is 32.2. The van der Waals surface area contributed by atoms with E-state index in [2.05, 4.69) is 43.1 Å². The predicted molar refractivity (Wildman–Crippen MR) is 177 cm³/mol. The number of thioether (sulfide) groups is 1. The number of benzene rings is 4. The molecule has 8 heteroatoms. The summed E-state index contributed by atoms with van der Waals surface area (Å²) in [6.45, 7) is 6.23. The molecule has 0 aliphatic carbocycles. The van der Waals surface area contributed by atoms with Crippen molar-refractivity contribution in [2.75, 3.05) is 19.5 Å². The minimum absolute atomic E-state index is 0.00524. The molecule has 4 unspecified atom stereocenters. The van der Waals surface area contributed by atoms with E-state index < -0.39 is 12.4 Å². The van der Waals surface area contributed by atoms with Gasteiger partial charge in [-0.2, -0.15) is 0 Å². The normalized spacial score (nSPS) is 19.4. The monoisotopic (exact) mass is 625 g/mol. The van der Waals surface area contributed by atoms with Crippen molar-refractivity contribution in [2.45, 2.75) is 43.5 Å². The molecule has 0 radical (unpaired) electrons. The van der Waals surface area contributed by atoms with Gasteiger partial charge in [0, 0.05) is 28.7 Å². The van der Waals surface area contributed by atoms with Gasteiger partial charge in [0.2, 0.25) is 0 Å². The van der Waals surface area contributed by atoms with Gasteiger partial charge in [0.15, 0.2) is 6.29 Å². The number of rotatable bonds is 12. The van der Waals surface area contributed by atoms with E-state index in [-0.39, 0.29) is 31.3 Å². The molecule has 1 heterocycles. The Labute approximate surface area is 269 Å². The first-order valence-corrected chi connectivity index (χ1v) is 15.9. The predicted octanol–water partition coefficient (Wildman–Crippen LogP) is 7.85. The third-order valence-corrected chi connectivity index (χ3v) is 8.93. The van der Waals surface area contributed by atoms with E-state index in [0.29, 0.717) is 6.54 Å². The molecule has 7 nitrogen and oxygen atoms in total. The lowest BCUT2D eigenvalue weighted by atomic mass is 9.91. The van der Waals surface area contributed by atoms with Crippen molar-refractivity contribution in [1.82, 2.24) is 5.32 Å². The summed E-state index contributed by atoms with van der Waals surface area (Å²) < 4.78 is 24.0. The zero-order valence-electron chi connectivity index (χ0n) is 25.6. The number of amides is 1. The molecule has 1 fully saturated rings. The summed E-state index contributed by atoms with van der Waals surface area (Å²) in [5.74, 6) is 1.62. The van der Waals surface area contributed by atoms with E-state index in [4.69, 9.17) is 18.9 Å². The lowest BCUT2D eigenvalue weighted by molar-refractivity contribution is -0.268. The Balaban J connectivity index is 1.38. The number of alkyl carbamates (subject to hydrolysis) is 1. The minimum atomic E-state index is -0.587. The van der Waals surface area contributed by atoms with Crippen LogP contribution in [0.1, 0.15) is 41.6 Å². The van der Waals surface area contributed by atoms with E-state index >= 15 is 0 Å². The fraction of sp³-hybridized carbons (Fsp3) is 0.270. The Morgan fingerprint density at radius 3 is 2.44 bits per heavy atom. The molecule has 4 atom stereocenters. The number of carbonyl (C=O) groups is 1. The van der Waals surface area contributed by atoms with Crippen molar-refractivity contribution < 1.29 is 28.8 Å². The smallest absolute Gasteiger partial charge is 0.407 e. The lowest BCUT2D eigenvalue weighted by Crippen LogP contribution is -2.38. The van der Waals surface area contributed by atoms with Crippen LogP contribution in [0.5, 0.6) is 5.75 Å². The summed E-state index contributed by atoms with van der Waals surface area (Å²) >= 11 is 1.71. The molecule has 0 aromatic heterocycles. The van der Waals surface area contributed by atoms with E-state index in [0.717, 1.165) is 49.8 Å². The standard InChI is InChI=1S/C37H39NO6S/c1-4-19-42-37(40)38-22-27-9-7-10-29(20-27)30-11-8-12-31(21-30)36-43-33(24-45-34-14-6-5-13-32(34)41-3)25(2)35(44-36)28-17-15-26(23-39)16-18-28/h4-18,20-21,25,33,35-36,39H,1,19,22-24H2,2-3H3,(H,38,40). The zero-order valence-corrected chi connectivity index (χ0v) is 26.4. The number of hydrogen-bond donors (Lipinski definition) is 2. The van der Waals surface area contributed by atoms with Gasteiger partial charge in [-0.25, -0.2) is 4.79 Å². The highest BCUT2D eigenvalue weighted by molar-refractivity contribution is 7.99. The number of methoxy groups -OCH3 is 1. The third-order valence-electron chi connectivity index (χ3n) is 7.78. The highest BCUT2D eigenvalue weighted by Gasteiger charge is 2.38. The van der Waals surface area contributed by atoms with Gasteiger partial charge in [0.1, 0.15) is 12.4 Å². The quantitative estimate of drug-likeness (QED) is 0.123. The van der Waals surface area contributed by atoms with Gasteiger partial charge in [-0.05, 0) is 52.1 Å². The maximum Gasteiger partial charge on any atom is 0.407 e. The van der Waals surface area contributed by atoms with Gasteiger partial charge in [-0.3, -0.25) is 0 Å². The van der Waals surface area contributed by atoms with Gasteiger partial charge in [-0.1, -0.05) is 92.4 Å². The third kappa shape index (κ3) is 8.35. The largest absolute Gasteiger partial charge is 0.496 e. The lowest BCUT2D eigenvalue weighted by Gasteiger charge is -2.41. The average molecular weight is 626 g/mol. The average Bonchev–Trinajstić information content (AvgIpc) is 3.09. The summed E-state index contributed by atoms with van der Waals surface area (Å²) in [6, 6.07) is 32.2. The second kappa shape index (κ2) is 15.8. The Hall–Kier alpha value is -4.08. The highest BCUT2D eigenvalue weighted by Crippen LogP contribution is 2.44. The summed E-state index contributed by atoms with van der Waals surface area (Å²) in [4.78, 5) is 13.0. The maximum absolute atomic E-state index is 11.9. The van der Waals surface area contributed by atoms with Crippen molar-refractivity contribution in [1.29, 1.82) is 0 Å². The first-order chi connectivity index (χ1) is 22.0. The van der Waals surface area contributed by atoms with Crippen LogP contribution < -0.4 is 10.1 Å². The Kier molecular flexibility index (Phi) is 11.3. The summed E-state index contributed by atoms with van der Waals surface area (Å²) in [7, 11) is 1.69. The van der Waals surface area contributed by atoms with E-state index in [1.54, 1.807) is 18.9 Å². The molecule has 234 valence electrons. The number of carbonyl (C=O) groups excluding carboxylic acids is 1. The van der Waals surface area contributed by atoms with Crippen molar-refractivity contribution in [3.8, 4) is 16.9 Å². The van der Waals surface area contributed by atoms with Crippen LogP contribution in [0.25, 0.3) is 11.1 Å². The first-order valence-electron chi connectivity index (χ1n) is 15.0. The molecule has 5 rings (SSSR count). The molecular formula is C37H39NO6S. The van der Waals surface area contributed by atoms with E-state index in [9.17, 15) is 9.90 Å². The van der Waals surface area contributed by atoms with Gasteiger partial charge in [-0.15, -0.1) is 11.8 Å². The molecule has 0 saturated carbocycles. The molecule has 2 N–H and O–H groups in total. The van der Waals surface area contributed by atoms with Gasteiger partial charge >= 0.3 is 6.09 Å². The molecule has 1 amide bonds. The summed E-state index contributed by atoms with van der Waals surface area (Å²) in [6.07, 6.45) is 0.141. The number of aliphatic hydroxyl groups excluding tert-OH is 1. The second-order valence-electron chi connectivity index (χ2n) is 10.9. The van der Waals surface area contributed by atoms with Crippen LogP contribution in [0.15, 0.2) is 115 Å². The first kappa shape index (κ1) is 32.3. The van der Waals surface area contributed by atoms with E-state index in [1.807, 2.05) is 72.8 Å². The molecule has 4 aromatic carbocycles. The van der Waals surface area contributed by atoms with Crippen LogP contribution in [-0.4, -0.2) is 36.8 Å². The summed E-state index contributed by atoms with van der Waals surface area (Å²) in [5.41, 5.74) is 5.80.